The number of hydrogen-bond acceptors (Lipinski definition) is 4. The summed E-state index contributed by atoms with van der Waals surface area (Å²) < 4.78 is 5.02. The van der Waals surface area contributed by atoms with Crippen LogP contribution in [0.4, 0.5) is 5.69 Å². The molecule has 1 aromatic carbocycles. The van der Waals surface area contributed by atoms with Crippen LogP contribution in [-0.4, -0.2) is 9.91 Å². The first-order chi connectivity index (χ1) is 6.20. The van der Waals surface area contributed by atoms with Crippen LogP contribution in [0.2, 0.25) is 0 Å². The number of rotatable bonds is 1. The smallest absolute Gasteiger partial charge is 0.276 e. The second-order valence-electron chi connectivity index (χ2n) is 2.67. The summed E-state index contributed by atoms with van der Waals surface area (Å²) in [5.41, 5.74) is 1.70. The van der Waals surface area contributed by atoms with E-state index in [1.807, 2.05) is 0 Å². The summed E-state index contributed by atoms with van der Waals surface area (Å²) >= 11 is 0. The van der Waals surface area contributed by atoms with Gasteiger partial charge in [-0.15, -0.1) is 0 Å². The largest absolute Gasteiger partial charge is 0.443 e. The molecule has 2 aromatic rings. The monoisotopic (exact) mass is 178 g/mol. The summed E-state index contributed by atoms with van der Waals surface area (Å²) in [4.78, 5) is 14.0. The van der Waals surface area contributed by atoms with E-state index in [2.05, 4.69) is 4.98 Å². The zero-order chi connectivity index (χ0) is 9.42. The summed E-state index contributed by atoms with van der Waals surface area (Å²) in [7, 11) is 0. The fourth-order valence-electron chi connectivity index (χ4n) is 1.25. The number of hydrogen-bond donors (Lipinski definition) is 0. The second-order valence-corrected chi connectivity index (χ2v) is 2.67. The maximum absolute atomic E-state index is 10.5. The molecule has 5 nitrogen and oxygen atoms in total. The van der Waals surface area contributed by atoms with Crippen molar-refractivity contribution in [3.05, 3.63) is 34.2 Å². The SMILES string of the molecule is Cc1c([N+](=O)[O-])ccc2ncoc12. The molecule has 13 heavy (non-hydrogen) atoms. The maximum atomic E-state index is 10.5. The molecule has 0 atom stereocenters. The van der Waals surface area contributed by atoms with Gasteiger partial charge in [-0.1, -0.05) is 0 Å². The third-order valence-corrected chi connectivity index (χ3v) is 1.92. The lowest BCUT2D eigenvalue weighted by Crippen LogP contribution is -1.91. The number of nitro groups is 1. The number of fused-ring (bicyclic) bond motifs is 1. The quantitative estimate of drug-likeness (QED) is 0.495. The van der Waals surface area contributed by atoms with Gasteiger partial charge in [-0.05, 0) is 13.0 Å². The van der Waals surface area contributed by atoms with E-state index < -0.39 is 4.92 Å². The van der Waals surface area contributed by atoms with Gasteiger partial charge < -0.3 is 4.42 Å². The van der Waals surface area contributed by atoms with Gasteiger partial charge in [-0.25, -0.2) is 4.98 Å². The summed E-state index contributed by atoms with van der Waals surface area (Å²) in [6.07, 6.45) is 1.28. The van der Waals surface area contributed by atoms with E-state index in [0.29, 0.717) is 16.7 Å². The van der Waals surface area contributed by atoms with Crippen molar-refractivity contribution in [1.29, 1.82) is 0 Å². The van der Waals surface area contributed by atoms with Crippen LogP contribution in [0.3, 0.4) is 0 Å². The lowest BCUT2D eigenvalue weighted by molar-refractivity contribution is -0.385. The van der Waals surface area contributed by atoms with Crippen LogP contribution in [0.1, 0.15) is 5.56 Å². The fourth-order valence-corrected chi connectivity index (χ4v) is 1.25. The van der Waals surface area contributed by atoms with Gasteiger partial charge in [0.2, 0.25) is 0 Å². The molecule has 0 saturated heterocycles. The molecule has 2 rings (SSSR count). The minimum absolute atomic E-state index is 0.0595. The van der Waals surface area contributed by atoms with E-state index in [4.69, 9.17) is 4.42 Å². The molecule has 1 heterocycles. The zero-order valence-electron chi connectivity index (χ0n) is 6.85. The Kier molecular flexibility index (Phi) is 1.51. The molecule has 0 fully saturated rings. The molecule has 0 bridgehead atoms. The minimum atomic E-state index is -0.433. The molecular weight excluding hydrogens is 172 g/mol. The molecule has 0 amide bonds. The predicted octanol–water partition coefficient (Wildman–Crippen LogP) is 2.04. The summed E-state index contributed by atoms with van der Waals surface area (Å²) in [6.45, 7) is 1.64. The van der Waals surface area contributed by atoms with Crippen LogP contribution in [-0.2, 0) is 0 Å². The first-order valence-electron chi connectivity index (χ1n) is 3.67. The number of nitro benzene ring substituents is 1. The Morgan fingerprint density at radius 2 is 2.31 bits per heavy atom. The Morgan fingerprint density at radius 3 is 3.00 bits per heavy atom. The Balaban J connectivity index is 2.80. The fraction of sp³-hybridized carbons (Fsp3) is 0.125. The van der Waals surface area contributed by atoms with Gasteiger partial charge in [0.05, 0.1) is 10.5 Å². The van der Waals surface area contributed by atoms with Crippen LogP contribution in [0.25, 0.3) is 11.1 Å². The van der Waals surface area contributed by atoms with Gasteiger partial charge in [0, 0.05) is 6.07 Å². The normalized spacial score (nSPS) is 10.5. The predicted molar refractivity (Wildman–Crippen MR) is 45.4 cm³/mol. The highest BCUT2D eigenvalue weighted by atomic mass is 16.6. The zero-order valence-corrected chi connectivity index (χ0v) is 6.85. The highest BCUT2D eigenvalue weighted by Crippen LogP contribution is 2.25. The topological polar surface area (TPSA) is 69.2 Å². The van der Waals surface area contributed by atoms with E-state index >= 15 is 0 Å². The van der Waals surface area contributed by atoms with Crippen LogP contribution in [0.5, 0.6) is 0 Å². The van der Waals surface area contributed by atoms with Gasteiger partial charge in [0.15, 0.2) is 12.0 Å². The maximum Gasteiger partial charge on any atom is 0.276 e. The van der Waals surface area contributed by atoms with Crippen LogP contribution in [0, 0.1) is 17.0 Å². The number of benzene rings is 1. The standard InChI is InChI=1S/C8H6N2O3/c1-5-7(10(11)12)3-2-6-8(5)13-4-9-6/h2-4H,1H3. The van der Waals surface area contributed by atoms with Gasteiger partial charge in [-0.3, -0.25) is 10.1 Å². The number of nitrogens with zero attached hydrogens (tertiary/aromatic N) is 2. The molecule has 0 saturated carbocycles. The molecule has 0 aliphatic heterocycles. The Hall–Kier alpha value is -1.91. The van der Waals surface area contributed by atoms with Gasteiger partial charge >= 0.3 is 0 Å². The second kappa shape index (κ2) is 2.55. The van der Waals surface area contributed by atoms with Crippen molar-refractivity contribution in [2.45, 2.75) is 6.92 Å². The van der Waals surface area contributed by atoms with E-state index in [1.165, 1.54) is 12.5 Å². The lowest BCUT2D eigenvalue weighted by atomic mass is 10.2. The molecule has 66 valence electrons. The molecule has 0 spiro atoms. The van der Waals surface area contributed by atoms with Crippen molar-refractivity contribution in [1.82, 2.24) is 4.98 Å². The first-order valence-corrected chi connectivity index (χ1v) is 3.67. The van der Waals surface area contributed by atoms with E-state index in [1.54, 1.807) is 13.0 Å². The van der Waals surface area contributed by atoms with Gasteiger partial charge in [0.25, 0.3) is 5.69 Å². The third-order valence-electron chi connectivity index (χ3n) is 1.92. The average molecular weight is 178 g/mol. The minimum Gasteiger partial charge on any atom is -0.443 e. The summed E-state index contributed by atoms with van der Waals surface area (Å²) in [5, 5.41) is 10.5. The van der Waals surface area contributed by atoms with Crippen LogP contribution < -0.4 is 0 Å². The molecule has 1 aromatic heterocycles. The first kappa shape index (κ1) is 7.72. The van der Waals surface area contributed by atoms with Crippen LogP contribution >= 0.6 is 0 Å². The number of aryl methyl sites for hydroxylation is 1. The lowest BCUT2D eigenvalue weighted by Gasteiger charge is -1.95. The van der Waals surface area contributed by atoms with Crippen molar-refractivity contribution in [2.24, 2.45) is 0 Å². The Labute approximate surface area is 73.1 Å². The van der Waals surface area contributed by atoms with Crippen molar-refractivity contribution in [3.63, 3.8) is 0 Å². The van der Waals surface area contributed by atoms with E-state index in [-0.39, 0.29) is 5.69 Å². The third kappa shape index (κ3) is 1.05. The van der Waals surface area contributed by atoms with E-state index in [0.717, 1.165) is 0 Å². The Bertz CT molecular complexity index is 475. The van der Waals surface area contributed by atoms with E-state index in [9.17, 15) is 10.1 Å². The van der Waals surface area contributed by atoms with Gasteiger partial charge in [0.1, 0.15) is 5.52 Å². The average Bonchev–Trinajstić information content (AvgIpc) is 2.52. The Morgan fingerprint density at radius 1 is 1.54 bits per heavy atom. The van der Waals surface area contributed by atoms with Gasteiger partial charge in [-0.2, -0.15) is 0 Å². The number of aromatic nitrogens is 1. The summed E-state index contributed by atoms with van der Waals surface area (Å²) in [5.74, 6) is 0. The van der Waals surface area contributed by atoms with Crippen LogP contribution in [0.15, 0.2) is 22.9 Å². The van der Waals surface area contributed by atoms with Crippen molar-refractivity contribution in [3.8, 4) is 0 Å². The number of oxazole rings is 1. The molecule has 0 radical (unpaired) electrons. The van der Waals surface area contributed by atoms with Crippen molar-refractivity contribution < 1.29 is 9.34 Å². The highest BCUT2D eigenvalue weighted by molar-refractivity contribution is 5.79. The molecular formula is C8H6N2O3. The van der Waals surface area contributed by atoms with Crippen molar-refractivity contribution >= 4 is 16.8 Å². The molecule has 0 unspecified atom stereocenters. The molecule has 5 heteroatoms. The molecule has 0 aliphatic carbocycles. The molecule has 0 N–H and O–H groups in total. The summed E-state index contributed by atoms with van der Waals surface area (Å²) in [6, 6.07) is 3.00. The molecule has 0 aliphatic rings. The van der Waals surface area contributed by atoms with Crippen molar-refractivity contribution in [2.75, 3.05) is 0 Å². The highest BCUT2D eigenvalue weighted by Gasteiger charge is 2.15.